The Labute approximate surface area is 219 Å². The van der Waals surface area contributed by atoms with Gasteiger partial charge in [-0.2, -0.15) is 5.26 Å². The number of nitrogens with zero attached hydrogens (tertiary/aromatic N) is 4. The summed E-state index contributed by atoms with van der Waals surface area (Å²) in [5, 5.41) is 20.9. The molecule has 4 heterocycles. The van der Waals surface area contributed by atoms with Gasteiger partial charge in [-0.3, -0.25) is 4.79 Å². The summed E-state index contributed by atoms with van der Waals surface area (Å²) in [6.07, 6.45) is 2.92. The monoisotopic (exact) mass is 574 g/mol. The van der Waals surface area contributed by atoms with E-state index < -0.39 is 11.9 Å². The first-order chi connectivity index (χ1) is 17.3. The lowest BCUT2D eigenvalue weighted by Gasteiger charge is -2.38. The van der Waals surface area contributed by atoms with Crippen LogP contribution in [-0.4, -0.2) is 57.6 Å². The number of methoxy groups -OCH3 is 1. The Kier molecular flexibility index (Phi) is 6.59. The van der Waals surface area contributed by atoms with Crippen LogP contribution in [0.15, 0.2) is 21.6 Å². The number of hydrogen-bond donors (Lipinski definition) is 1. The normalized spacial score (nSPS) is 20.5. The zero-order valence-corrected chi connectivity index (χ0v) is 22.2. The van der Waals surface area contributed by atoms with Crippen molar-refractivity contribution in [2.75, 3.05) is 19.9 Å². The predicted molar refractivity (Wildman–Crippen MR) is 137 cm³/mol. The molecule has 1 aromatic carbocycles. The molecule has 3 fully saturated rings. The van der Waals surface area contributed by atoms with Crippen molar-refractivity contribution in [3.63, 3.8) is 0 Å². The molecule has 2 aliphatic heterocycles. The van der Waals surface area contributed by atoms with E-state index in [1.54, 1.807) is 0 Å². The van der Waals surface area contributed by atoms with Crippen LogP contribution in [-0.2, 0) is 22.4 Å². The topological polar surface area (TPSA) is 108 Å². The molecule has 3 aliphatic rings. The standard InChI is InChI=1S/C25H24BrFN4O4S/c1-35-18(32)6-5-14-10-16-23(31(14)22-13-9-17(22)30(11-13)25(33)34)15-8-12(4-3-7-28)19(26)20(27)21(15)29-24(16)36-2/h8,10,13,17,22H,3-6,9,11H2,1-2H3,(H,33,34)/t13-,17-,22+/m1/s1. The van der Waals surface area contributed by atoms with E-state index >= 15 is 4.39 Å². The number of ether oxygens (including phenoxy) is 1. The molecule has 1 saturated carbocycles. The molecule has 1 N–H and O–H groups in total. The summed E-state index contributed by atoms with van der Waals surface area (Å²) in [6.45, 7) is 0.451. The van der Waals surface area contributed by atoms with Gasteiger partial charge in [0, 0.05) is 35.3 Å². The number of carboxylic acid groups (broad SMARTS) is 1. The van der Waals surface area contributed by atoms with Crippen LogP contribution in [0.25, 0.3) is 21.8 Å². The third-order valence-corrected chi connectivity index (χ3v) is 8.94. The third kappa shape index (κ3) is 3.82. The van der Waals surface area contributed by atoms with E-state index in [-0.39, 0.29) is 42.3 Å². The maximum absolute atomic E-state index is 15.6. The van der Waals surface area contributed by atoms with Crippen molar-refractivity contribution in [1.82, 2.24) is 14.5 Å². The van der Waals surface area contributed by atoms with E-state index in [4.69, 9.17) is 10.00 Å². The number of amides is 1. The fraction of sp³-hybridized carbons (Fsp3) is 0.440. The number of benzene rings is 1. The van der Waals surface area contributed by atoms with E-state index in [1.165, 1.54) is 23.8 Å². The minimum Gasteiger partial charge on any atom is -0.469 e. The van der Waals surface area contributed by atoms with E-state index in [0.717, 1.165) is 23.0 Å². The molecule has 188 valence electrons. The molecule has 0 spiro atoms. The molecule has 2 aromatic heterocycles. The quantitative estimate of drug-likeness (QED) is 0.301. The number of halogens is 2. The van der Waals surface area contributed by atoms with E-state index in [1.807, 2.05) is 18.4 Å². The maximum Gasteiger partial charge on any atom is 0.407 e. The second kappa shape index (κ2) is 9.56. The zero-order chi connectivity index (χ0) is 25.7. The minimum absolute atomic E-state index is 0.110. The van der Waals surface area contributed by atoms with Crippen molar-refractivity contribution in [2.45, 2.75) is 49.2 Å². The summed E-state index contributed by atoms with van der Waals surface area (Å²) < 4.78 is 22.9. The highest BCUT2D eigenvalue weighted by molar-refractivity contribution is 9.10. The van der Waals surface area contributed by atoms with E-state index in [2.05, 4.69) is 31.6 Å². The summed E-state index contributed by atoms with van der Waals surface area (Å²) in [7, 11) is 1.35. The Balaban J connectivity index is 1.79. The number of hydrogen-bond acceptors (Lipinski definition) is 6. The van der Waals surface area contributed by atoms with Crippen LogP contribution < -0.4 is 0 Å². The fourth-order valence-corrected chi connectivity index (χ4v) is 6.78. The minimum atomic E-state index is -0.942. The Bertz CT molecular complexity index is 1450. The Morgan fingerprint density at radius 1 is 1.36 bits per heavy atom. The molecule has 1 amide bonds. The molecule has 3 atom stereocenters. The second-order valence-electron chi connectivity index (χ2n) is 9.17. The number of esters is 1. The van der Waals surface area contributed by atoms with Gasteiger partial charge in [0.2, 0.25) is 0 Å². The van der Waals surface area contributed by atoms with Crippen LogP contribution >= 0.6 is 27.7 Å². The van der Waals surface area contributed by atoms with Crippen molar-refractivity contribution >= 4 is 61.6 Å². The smallest absolute Gasteiger partial charge is 0.407 e. The first-order valence-corrected chi connectivity index (χ1v) is 13.6. The summed E-state index contributed by atoms with van der Waals surface area (Å²) in [6, 6.07) is 5.70. The molecule has 2 saturated heterocycles. The molecular formula is C25H24BrFN4O4S. The van der Waals surface area contributed by atoms with Crippen molar-refractivity contribution in [1.29, 1.82) is 5.26 Å². The van der Waals surface area contributed by atoms with Gasteiger partial charge in [0.05, 0.1) is 41.7 Å². The molecular weight excluding hydrogens is 551 g/mol. The number of fused-ring (bicyclic) bond motifs is 4. The van der Waals surface area contributed by atoms with Gasteiger partial charge in [-0.1, -0.05) is 0 Å². The Morgan fingerprint density at radius 3 is 2.78 bits per heavy atom. The number of aryl methyl sites for hydroxylation is 2. The molecule has 11 heteroatoms. The predicted octanol–water partition coefficient (Wildman–Crippen LogP) is 5.30. The van der Waals surface area contributed by atoms with Gasteiger partial charge in [-0.15, -0.1) is 11.8 Å². The van der Waals surface area contributed by atoms with Crippen LogP contribution in [0.2, 0.25) is 0 Å². The highest BCUT2D eigenvalue weighted by atomic mass is 79.9. The van der Waals surface area contributed by atoms with Crippen molar-refractivity contribution in [2.24, 2.45) is 5.92 Å². The second-order valence-corrected chi connectivity index (χ2v) is 10.8. The van der Waals surface area contributed by atoms with Crippen molar-refractivity contribution in [3.05, 3.63) is 33.7 Å². The Hall–Kier alpha value is -2.84. The van der Waals surface area contributed by atoms with Crippen molar-refractivity contribution < 1.29 is 23.8 Å². The molecule has 0 unspecified atom stereocenters. The number of carbonyl (C=O) groups is 2. The van der Waals surface area contributed by atoms with E-state index in [9.17, 15) is 14.7 Å². The van der Waals surface area contributed by atoms with Gasteiger partial charge in [-0.05, 0) is 59.1 Å². The number of nitriles is 1. The van der Waals surface area contributed by atoms with Crippen LogP contribution in [0.1, 0.15) is 36.6 Å². The van der Waals surface area contributed by atoms with Gasteiger partial charge in [0.1, 0.15) is 10.5 Å². The number of carbonyl (C=O) groups excluding carboxylic acids is 1. The summed E-state index contributed by atoms with van der Waals surface area (Å²) in [5.74, 6) is -0.680. The molecule has 0 radical (unpaired) electrons. The highest BCUT2D eigenvalue weighted by Crippen LogP contribution is 2.52. The molecule has 2 bridgehead atoms. The maximum atomic E-state index is 15.6. The van der Waals surface area contributed by atoms with Gasteiger partial charge in [-0.25, -0.2) is 14.2 Å². The molecule has 8 nitrogen and oxygen atoms in total. The number of rotatable bonds is 7. The van der Waals surface area contributed by atoms with Crippen LogP contribution in [0.5, 0.6) is 0 Å². The van der Waals surface area contributed by atoms with Crippen LogP contribution in [0.4, 0.5) is 9.18 Å². The summed E-state index contributed by atoms with van der Waals surface area (Å²) in [5.41, 5.74) is 2.56. The highest BCUT2D eigenvalue weighted by Gasteiger charge is 2.55. The molecule has 3 aromatic rings. The lowest BCUT2D eigenvalue weighted by Crippen LogP contribution is -2.42. The lowest BCUT2D eigenvalue weighted by atomic mass is 9.79. The first-order valence-electron chi connectivity index (χ1n) is 11.6. The average molecular weight is 575 g/mol. The van der Waals surface area contributed by atoms with Crippen molar-refractivity contribution in [3.8, 4) is 6.07 Å². The lowest BCUT2D eigenvalue weighted by molar-refractivity contribution is -0.140. The number of pyridine rings is 1. The number of thioether (sulfide) groups is 1. The van der Waals surface area contributed by atoms with Gasteiger partial charge in [0.25, 0.3) is 0 Å². The van der Waals surface area contributed by atoms with Gasteiger partial charge >= 0.3 is 12.1 Å². The third-order valence-electron chi connectivity index (χ3n) is 7.38. The number of aromatic nitrogens is 2. The van der Waals surface area contributed by atoms with Gasteiger partial charge < -0.3 is 19.3 Å². The SMILES string of the molecule is COC(=O)CCc1cc2c(SC)nc3c(F)c(Br)c(CCC#N)cc3c2n1[C@H]1[C@@H]2C[C@H]1N(C(=O)O)C2. The van der Waals surface area contributed by atoms with Crippen LogP contribution in [0.3, 0.4) is 0 Å². The largest absolute Gasteiger partial charge is 0.469 e. The summed E-state index contributed by atoms with van der Waals surface area (Å²) in [4.78, 5) is 30.0. The van der Waals surface area contributed by atoms with E-state index in [0.29, 0.717) is 39.8 Å². The van der Waals surface area contributed by atoms with Gasteiger partial charge in [0.15, 0.2) is 5.82 Å². The zero-order valence-electron chi connectivity index (χ0n) is 19.8. The average Bonchev–Trinajstić information content (AvgIpc) is 3.56. The van der Waals surface area contributed by atoms with Crippen LogP contribution in [0, 0.1) is 23.1 Å². The Morgan fingerprint density at radius 2 is 2.14 bits per heavy atom. The molecule has 36 heavy (non-hydrogen) atoms. The summed E-state index contributed by atoms with van der Waals surface area (Å²) >= 11 is 4.77. The first kappa shape index (κ1) is 24.8. The molecule has 1 aliphatic carbocycles. The fourth-order valence-electron chi connectivity index (χ4n) is 5.72. The molecule has 6 rings (SSSR count).